The van der Waals surface area contributed by atoms with E-state index in [1.54, 1.807) is 17.3 Å². The number of nitrogens with one attached hydrogen (secondary N) is 1. The third-order valence-corrected chi connectivity index (χ3v) is 11.3. The second-order valence-corrected chi connectivity index (χ2v) is 14.6. The number of fused-ring (bicyclic) bond motifs is 1. The molecule has 56 heavy (non-hydrogen) atoms. The molecular weight excluding hydrogens is 790 g/mol. The Morgan fingerprint density at radius 1 is 0.839 bits per heavy atom. The van der Waals surface area contributed by atoms with Crippen molar-refractivity contribution in [3.05, 3.63) is 177 Å². The van der Waals surface area contributed by atoms with Gasteiger partial charge < -0.3 is 19.4 Å². The summed E-state index contributed by atoms with van der Waals surface area (Å²) in [5.41, 5.74) is 7.98. The fraction of sp³-hybridized carbons (Fsp3) is 0.159. The molecule has 2 aliphatic rings. The molecule has 0 saturated heterocycles. The van der Waals surface area contributed by atoms with Gasteiger partial charge in [-0.25, -0.2) is 9.78 Å². The van der Waals surface area contributed by atoms with Gasteiger partial charge in [0, 0.05) is 27.6 Å². The highest BCUT2D eigenvalue weighted by Crippen LogP contribution is 2.49. The number of carbonyl (C=O) groups is 1. The van der Waals surface area contributed by atoms with Gasteiger partial charge in [0.05, 0.1) is 31.3 Å². The van der Waals surface area contributed by atoms with Crippen molar-refractivity contribution in [1.29, 1.82) is 0 Å². The molecular formula is C44H37BrClN7O3. The number of nitrogens with zero attached hydrogens (tertiary/aromatic N) is 6. The van der Waals surface area contributed by atoms with Crippen LogP contribution in [0.5, 0.6) is 0 Å². The highest BCUT2D eigenvalue weighted by atomic mass is 79.9. The predicted molar refractivity (Wildman–Crippen MR) is 220 cm³/mol. The maximum Gasteiger partial charge on any atom is 0.404 e. The standard InChI is InChI=1S/C44H37BrClN7O3/c1-2-3-23-38-48-41(46)37(26-47-43(54)55)52(38)27-35-32-24-25-56-28-36(32)40(45)39(35)33-21-13-14-22-34(33)42-49-51-53(50-42)44(29-15-7-4-8-16-29,30-17-9-5-10-18-30)31-19-11-6-12-20-31/h4-22,24-25,28,47H,2-3,23,26-27H2,1H3,(H,54,55). The monoisotopic (exact) mass is 825 g/mol. The molecule has 0 bridgehead atoms. The summed E-state index contributed by atoms with van der Waals surface area (Å²) < 4.78 is 8.57. The molecule has 1 aliphatic carbocycles. The van der Waals surface area contributed by atoms with Crippen molar-refractivity contribution in [3.63, 3.8) is 0 Å². The van der Waals surface area contributed by atoms with Gasteiger partial charge in [-0.3, -0.25) is 0 Å². The van der Waals surface area contributed by atoms with Crippen LogP contribution in [0.2, 0.25) is 5.15 Å². The summed E-state index contributed by atoms with van der Waals surface area (Å²) in [5, 5.41) is 27.1. The lowest BCUT2D eigenvalue weighted by Crippen LogP contribution is -2.39. The molecule has 0 spiro atoms. The number of hydrogen-bond acceptors (Lipinski definition) is 6. The lowest BCUT2D eigenvalue weighted by molar-refractivity contribution is 0.193. The zero-order valence-electron chi connectivity index (χ0n) is 30.4. The Bertz CT molecular complexity index is 2470. The largest absolute Gasteiger partial charge is 0.472 e. The van der Waals surface area contributed by atoms with Crippen molar-refractivity contribution < 1.29 is 14.3 Å². The molecule has 0 saturated carbocycles. The minimum Gasteiger partial charge on any atom is -0.472 e. The Hall–Kier alpha value is -6.04. The van der Waals surface area contributed by atoms with E-state index in [1.807, 2.05) is 83.4 Å². The van der Waals surface area contributed by atoms with E-state index in [0.717, 1.165) is 73.2 Å². The first-order chi connectivity index (χ1) is 27.4. The van der Waals surface area contributed by atoms with Crippen LogP contribution in [0.4, 0.5) is 4.79 Å². The van der Waals surface area contributed by atoms with Crippen molar-refractivity contribution >= 4 is 33.6 Å². The molecule has 12 heteroatoms. The summed E-state index contributed by atoms with van der Waals surface area (Å²) in [4.78, 5) is 18.0. The summed E-state index contributed by atoms with van der Waals surface area (Å²) in [6, 6.07) is 40.7. The summed E-state index contributed by atoms with van der Waals surface area (Å²) in [6.07, 6.45) is 4.79. The first kappa shape index (κ1) is 36.9. The van der Waals surface area contributed by atoms with Crippen LogP contribution in [0.15, 0.2) is 143 Å². The number of halogens is 2. The van der Waals surface area contributed by atoms with Gasteiger partial charge in [0.1, 0.15) is 5.82 Å². The minimum absolute atomic E-state index is 0.00732. The quantitative estimate of drug-likeness (QED) is 0.111. The molecule has 1 aliphatic heterocycles. The lowest BCUT2D eigenvalue weighted by atomic mass is 9.77. The zero-order valence-corrected chi connectivity index (χ0v) is 32.8. The second-order valence-electron chi connectivity index (χ2n) is 13.4. The Balaban J connectivity index is 1.32. The van der Waals surface area contributed by atoms with Crippen LogP contribution in [0.1, 0.15) is 53.5 Å². The number of benzene rings is 4. The summed E-state index contributed by atoms with van der Waals surface area (Å²) >= 11 is 10.7. The topological polar surface area (TPSA) is 124 Å². The summed E-state index contributed by atoms with van der Waals surface area (Å²) in [6.45, 7) is 2.49. The predicted octanol–water partition coefficient (Wildman–Crippen LogP) is 10.3. The van der Waals surface area contributed by atoms with Gasteiger partial charge in [-0.05, 0) is 67.0 Å². The Labute approximate surface area is 337 Å². The number of aromatic nitrogens is 6. The van der Waals surface area contributed by atoms with Gasteiger partial charge in [-0.15, -0.1) is 15.0 Å². The van der Waals surface area contributed by atoms with E-state index in [4.69, 9.17) is 36.4 Å². The zero-order chi connectivity index (χ0) is 38.6. The molecule has 0 fully saturated rings. The molecule has 0 unspecified atom stereocenters. The molecule has 8 rings (SSSR count). The van der Waals surface area contributed by atoms with Crippen molar-refractivity contribution in [2.75, 3.05) is 0 Å². The van der Waals surface area contributed by atoms with Crippen LogP contribution in [-0.4, -0.2) is 41.0 Å². The molecule has 0 radical (unpaired) electrons. The molecule has 280 valence electrons. The SMILES string of the molecule is CCCCc1nc(Cl)c(CNC(=O)O)n1Cc1c2ccocc-2c(Br)c1-c1ccccc1-c1nnn(C(c2ccccc2)(c2ccccc2)c2ccccc2)n1. The summed E-state index contributed by atoms with van der Waals surface area (Å²) in [7, 11) is 0. The van der Waals surface area contributed by atoms with Crippen molar-refractivity contribution in [2.45, 2.75) is 44.8 Å². The molecule has 4 aromatic carbocycles. The maximum atomic E-state index is 11.6. The van der Waals surface area contributed by atoms with Crippen LogP contribution in [-0.2, 0) is 25.0 Å². The average Bonchev–Trinajstić information content (AvgIpc) is 3.92. The normalized spacial score (nSPS) is 11.6. The third-order valence-electron chi connectivity index (χ3n) is 10.2. The van der Waals surface area contributed by atoms with Crippen LogP contribution >= 0.6 is 27.5 Å². The van der Waals surface area contributed by atoms with E-state index in [2.05, 4.69) is 70.6 Å². The average molecular weight is 827 g/mol. The first-order valence-corrected chi connectivity index (χ1v) is 19.5. The molecule has 2 N–H and O–H groups in total. The Morgan fingerprint density at radius 2 is 1.45 bits per heavy atom. The summed E-state index contributed by atoms with van der Waals surface area (Å²) in [5.74, 6) is 1.23. The van der Waals surface area contributed by atoms with Crippen molar-refractivity contribution in [1.82, 2.24) is 35.1 Å². The van der Waals surface area contributed by atoms with Gasteiger partial charge in [-0.2, -0.15) is 0 Å². The van der Waals surface area contributed by atoms with Crippen LogP contribution in [0.25, 0.3) is 33.6 Å². The van der Waals surface area contributed by atoms with E-state index < -0.39 is 11.6 Å². The van der Waals surface area contributed by atoms with Gasteiger partial charge in [0.25, 0.3) is 0 Å². The van der Waals surface area contributed by atoms with Crippen LogP contribution in [0.3, 0.4) is 0 Å². The fourth-order valence-electron chi connectivity index (χ4n) is 7.60. The van der Waals surface area contributed by atoms with E-state index in [1.165, 1.54) is 0 Å². The van der Waals surface area contributed by atoms with Gasteiger partial charge in [0.15, 0.2) is 10.7 Å². The van der Waals surface area contributed by atoms with E-state index in [9.17, 15) is 9.90 Å². The number of amides is 1. The van der Waals surface area contributed by atoms with Crippen molar-refractivity contribution in [3.8, 4) is 33.6 Å². The molecule has 1 amide bonds. The maximum absolute atomic E-state index is 11.6. The number of imidazole rings is 1. The van der Waals surface area contributed by atoms with Gasteiger partial charge in [0.2, 0.25) is 5.82 Å². The molecule has 2 aromatic heterocycles. The number of aryl methyl sites for hydroxylation is 1. The number of hydrogen-bond donors (Lipinski definition) is 2. The van der Waals surface area contributed by atoms with E-state index in [-0.39, 0.29) is 11.7 Å². The number of carboxylic acid groups (broad SMARTS) is 1. The van der Waals surface area contributed by atoms with Gasteiger partial charge in [-0.1, -0.05) is 140 Å². The number of tetrazole rings is 1. The van der Waals surface area contributed by atoms with Gasteiger partial charge >= 0.3 is 6.09 Å². The Kier molecular flexibility index (Phi) is 10.5. The minimum atomic E-state index is -1.14. The number of unbranched alkanes of at least 4 members (excludes halogenated alkanes) is 1. The van der Waals surface area contributed by atoms with E-state index >= 15 is 0 Å². The molecule has 10 nitrogen and oxygen atoms in total. The Morgan fingerprint density at radius 3 is 2.05 bits per heavy atom. The highest BCUT2D eigenvalue weighted by Gasteiger charge is 2.41. The van der Waals surface area contributed by atoms with Crippen molar-refractivity contribution in [2.24, 2.45) is 0 Å². The smallest absolute Gasteiger partial charge is 0.404 e. The van der Waals surface area contributed by atoms with Crippen LogP contribution in [0, 0.1) is 0 Å². The highest BCUT2D eigenvalue weighted by molar-refractivity contribution is 9.10. The van der Waals surface area contributed by atoms with E-state index in [0.29, 0.717) is 24.5 Å². The van der Waals surface area contributed by atoms with Crippen LogP contribution < -0.4 is 5.32 Å². The molecule has 0 atom stereocenters. The number of rotatable bonds is 13. The first-order valence-electron chi connectivity index (χ1n) is 18.3. The third kappa shape index (κ3) is 6.67. The molecule has 3 heterocycles. The fourth-order valence-corrected chi connectivity index (χ4v) is 8.62. The lowest BCUT2D eigenvalue weighted by Gasteiger charge is -2.34. The second kappa shape index (κ2) is 16.0. The molecule has 6 aromatic rings.